The van der Waals surface area contributed by atoms with E-state index in [9.17, 15) is 8.42 Å². The molecule has 0 aromatic rings. The number of halogens is 1. The fourth-order valence-corrected chi connectivity index (χ4v) is 2.07. The number of hydrogen-bond acceptors (Lipinski definition) is 3. The van der Waals surface area contributed by atoms with Crippen LogP contribution in [0.15, 0.2) is 23.9 Å². The summed E-state index contributed by atoms with van der Waals surface area (Å²) < 4.78 is 21.0. The molecule has 0 saturated carbocycles. The normalized spacial score (nSPS) is 23.2. The quantitative estimate of drug-likeness (QED) is 0.483. The Labute approximate surface area is 74.2 Å². The van der Waals surface area contributed by atoms with Crippen LogP contribution in [0, 0.1) is 0 Å². The van der Waals surface area contributed by atoms with Gasteiger partial charge >= 0.3 is 0 Å². The Morgan fingerprint density at radius 2 is 2.09 bits per heavy atom. The maximum atomic E-state index is 10.5. The highest BCUT2D eigenvalue weighted by Gasteiger charge is 2.12. The Morgan fingerprint density at radius 1 is 1.45 bits per heavy atom. The van der Waals surface area contributed by atoms with Crippen molar-refractivity contribution in [2.24, 2.45) is 5.73 Å². The second-order valence-corrected chi connectivity index (χ2v) is 3.97. The highest BCUT2D eigenvalue weighted by atomic mass is 79.9. The van der Waals surface area contributed by atoms with E-state index in [-0.39, 0.29) is 4.83 Å². The first-order valence-electron chi connectivity index (χ1n) is 2.87. The van der Waals surface area contributed by atoms with Crippen molar-refractivity contribution in [3.63, 3.8) is 0 Å². The molecule has 0 radical (unpaired) electrons. The summed E-state index contributed by atoms with van der Waals surface area (Å²) in [6, 6.07) is 0. The Morgan fingerprint density at radius 3 is 2.55 bits per heavy atom. The lowest BCUT2D eigenvalue weighted by molar-refractivity contribution is 0.627. The van der Waals surface area contributed by atoms with Crippen LogP contribution in [0.2, 0.25) is 0 Å². The van der Waals surface area contributed by atoms with Gasteiger partial charge in [-0.2, -0.15) is 8.42 Å². The van der Waals surface area contributed by atoms with Crippen LogP contribution >= 0.6 is 15.9 Å². The molecular weight excluding hydrogens is 230 g/mol. The Bertz CT molecular complexity index is 345. The number of hydrogen-bond donors (Lipinski definition) is 1. The van der Waals surface area contributed by atoms with Gasteiger partial charge in [0.1, 0.15) is 0 Å². The topological polar surface area (TPSA) is 60.2 Å². The molecule has 1 aliphatic carbocycles. The van der Waals surface area contributed by atoms with Crippen LogP contribution in [0.5, 0.6) is 0 Å². The van der Waals surface area contributed by atoms with Gasteiger partial charge in [-0.3, -0.25) is 0 Å². The minimum absolute atomic E-state index is 0.286. The SMILES string of the molecule is NC1=CC(Br)C(=S(=O)=O)C=C1. The van der Waals surface area contributed by atoms with Crippen LogP contribution in [-0.4, -0.2) is 18.1 Å². The Hall–Kier alpha value is -0.550. The van der Waals surface area contributed by atoms with Crippen LogP contribution < -0.4 is 5.73 Å². The molecule has 1 rings (SSSR count). The van der Waals surface area contributed by atoms with E-state index in [1.807, 2.05) is 0 Å². The molecule has 1 aliphatic rings. The zero-order chi connectivity index (χ0) is 8.43. The van der Waals surface area contributed by atoms with Crippen molar-refractivity contribution in [2.75, 3.05) is 0 Å². The van der Waals surface area contributed by atoms with E-state index >= 15 is 0 Å². The summed E-state index contributed by atoms with van der Waals surface area (Å²) in [7, 11) is -2.16. The van der Waals surface area contributed by atoms with Crippen molar-refractivity contribution in [2.45, 2.75) is 4.83 Å². The molecule has 0 aromatic heterocycles. The Balaban J connectivity index is 3.15. The third kappa shape index (κ3) is 1.94. The highest BCUT2D eigenvalue weighted by Crippen LogP contribution is 2.11. The van der Waals surface area contributed by atoms with Crippen molar-refractivity contribution in [1.82, 2.24) is 0 Å². The van der Waals surface area contributed by atoms with Crippen LogP contribution in [0.1, 0.15) is 0 Å². The van der Waals surface area contributed by atoms with Crippen molar-refractivity contribution in [1.29, 1.82) is 0 Å². The molecule has 0 saturated heterocycles. The standard InChI is InChI=1S/C6H6BrNO2S/c7-5-3-4(8)1-2-6(5)11(9)10/h1-3,5H,8H2. The Kier molecular flexibility index (Phi) is 2.51. The summed E-state index contributed by atoms with van der Waals surface area (Å²) in [5.41, 5.74) is 5.99. The summed E-state index contributed by atoms with van der Waals surface area (Å²) in [6.07, 6.45) is 4.67. The van der Waals surface area contributed by atoms with Gasteiger partial charge in [-0.1, -0.05) is 15.9 Å². The fourth-order valence-electron chi connectivity index (χ4n) is 0.724. The highest BCUT2D eigenvalue weighted by molar-refractivity contribution is 9.10. The lowest BCUT2D eigenvalue weighted by Gasteiger charge is -2.06. The van der Waals surface area contributed by atoms with E-state index in [1.165, 1.54) is 6.08 Å². The summed E-state index contributed by atoms with van der Waals surface area (Å²) in [5.74, 6) is 0. The van der Waals surface area contributed by atoms with Crippen molar-refractivity contribution >= 4 is 31.1 Å². The third-order valence-corrected chi connectivity index (χ3v) is 3.08. The van der Waals surface area contributed by atoms with Crippen molar-refractivity contribution in [3.8, 4) is 0 Å². The maximum absolute atomic E-state index is 10.5. The van der Waals surface area contributed by atoms with Gasteiger partial charge in [0.25, 0.3) is 0 Å². The molecule has 11 heavy (non-hydrogen) atoms. The van der Waals surface area contributed by atoms with E-state index in [4.69, 9.17) is 5.73 Å². The van der Waals surface area contributed by atoms with E-state index in [0.717, 1.165) is 0 Å². The van der Waals surface area contributed by atoms with Gasteiger partial charge in [-0.05, 0) is 18.2 Å². The number of allylic oxidation sites excluding steroid dienone is 3. The largest absolute Gasteiger partial charge is 0.399 e. The van der Waals surface area contributed by atoms with E-state index < -0.39 is 10.3 Å². The molecule has 0 amide bonds. The van der Waals surface area contributed by atoms with Crippen LogP contribution in [0.3, 0.4) is 0 Å². The van der Waals surface area contributed by atoms with Gasteiger partial charge in [-0.15, -0.1) is 0 Å². The monoisotopic (exact) mass is 235 g/mol. The lowest BCUT2D eigenvalue weighted by atomic mass is 10.1. The zero-order valence-electron chi connectivity index (χ0n) is 5.49. The van der Waals surface area contributed by atoms with Crippen LogP contribution in [-0.2, 0) is 10.3 Å². The zero-order valence-corrected chi connectivity index (χ0v) is 7.89. The van der Waals surface area contributed by atoms with Gasteiger partial charge in [-0.25, -0.2) is 0 Å². The number of nitrogens with two attached hydrogens (primary N) is 1. The average molecular weight is 236 g/mol. The molecule has 0 fully saturated rings. The van der Waals surface area contributed by atoms with Gasteiger partial charge in [0, 0.05) is 5.70 Å². The molecule has 5 heteroatoms. The molecule has 1 atom stereocenters. The maximum Gasteiger partial charge on any atom is 0.218 e. The predicted molar refractivity (Wildman–Crippen MR) is 48.1 cm³/mol. The van der Waals surface area contributed by atoms with E-state index in [2.05, 4.69) is 15.9 Å². The first kappa shape index (κ1) is 8.55. The molecular formula is C6H6BrNO2S. The summed E-state index contributed by atoms with van der Waals surface area (Å²) in [4.78, 5) is 0.0185. The smallest absolute Gasteiger partial charge is 0.218 e. The first-order valence-corrected chi connectivity index (χ1v) is 4.86. The molecule has 0 heterocycles. The third-order valence-electron chi connectivity index (χ3n) is 1.24. The van der Waals surface area contributed by atoms with Gasteiger partial charge in [0.05, 0.1) is 9.69 Å². The summed E-state index contributed by atoms with van der Waals surface area (Å²) in [5, 5.41) is 0. The predicted octanol–water partition coefficient (Wildman–Crippen LogP) is 0.214. The molecule has 2 N–H and O–H groups in total. The molecule has 0 aromatic carbocycles. The molecule has 0 aliphatic heterocycles. The van der Waals surface area contributed by atoms with E-state index in [0.29, 0.717) is 10.6 Å². The van der Waals surface area contributed by atoms with Gasteiger partial charge < -0.3 is 5.73 Å². The average Bonchev–Trinajstić information content (AvgIpc) is 1.85. The molecule has 60 valence electrons. The molecule has 1 unspecified atom stereocenters. The van der Waals surface area contributed by atoms with Crippen molar-refractivity contribution < 1.29 is 8.42 Å². The number of rotatable bonds is 0. The molecule has 0 spiro atoms. The fraction of sp³-hybridized carbons (Fsp3) is 0.167. The molecule has 0 bridgehead atoms. The van der Waals surface area contributed by atoms with Crippen LogP contribution in [0.4, 0.5) is 0 Å². The van der Waals surface area contributed by atoms with Gasteiger partial charge in [0.15, 0.2) is 0 Å². The molecule has 3 nitrogen and oxygen atoms in total. The second-order valence-electron chi connectivity index (χ2n) is 2.04. The minimum atomic E-state index is -2.16. The summed E-state index contributed by atoms with van der Waals surface area (Å²) in [6.45, 7) is 0. The lowest BCUT2D eigenvalue weighted by Crippen LogP contribution is -2.16. The van der Waals surface area contributed by atoms with Gasteiger partial charge in [0.2, 0.25) is 10.3 Å². The minimum Gasteiger partial charge on any atom is -0.399 e. The summed E-state index contributed by atoms with van der Waals surface area (Å²) >= 11 is 3.16. The number of alkyl halides is 1. The van der Waals surface area contributed by atoms with E-state index in [1.54, 1.807) is 12.2 Å². The van der Waals surface area contributed by atoms with Crippen molar-refractivity contribution in [3.05, 3.63) is 23.9 Å². The second kappa shape index (κ2) is 3.23. The first-order chi connectivity index (χ1) is 5.11. The van der Waals surface area contributed by atoms with Crippen LogP contribution in [0.25, 0.3) is 0 Å².